The van der Waals surface area contributed by atoms with Crippen LogP contribution in [-0.4, -0.2) is 62.1 Å². The fourth-order valence-electron chi connectivity index (χ4n) is 3.93. The third-order valence-corrected chi connectivity index (χ3v) is 5.69. The van der Waals surface area contributed by atoms with E-state index in [1.165, 1.54) is 0 Å². The quantitative estimate of drug-likeness (QED) is 0.755. The smallest absolute Gasteiger partial charge is 0.320 e. The number of methoxy groups -OCH3 is 2. The van der Waals surface area contributed by atoms with Crippen LogP contribution in [0.25, 0.3) is 0 Å². The summed E-state index contributed by atoms with van der Waals surface area (Å²) in [6, 6.07) is 3.69. The van der Waals surface area contributed by atoms with Gasteiger partial charge in [0.1, 0.15) is 0 Å². The summed E-state index contributed by atoms with van der Waals surface area (Å²) in [5.74, 6) is 1.11. The monoisotopic (exact) mass is 405 g/mol. The van der Waals surface area contributed by atoms with Crippen LogP contribution in [-0.2, 0) is 4.79 Å². The highest BCUT2D eigenvalue weighted by atomic mass is 16.5. The predicted octanol–water partition coefficient (Wildman–Crippen LogP) is 3.36. The number of aryl methyl sites for hydroxylation is 1. The fourth-order valence-corrected chi connectivity index (χ4v) is 3.93. The second kappa shape index (κ2) is 10.4. The van der Waals surface area contributed by atoms with Gasteiger partial charge in [0.15, 0.2) is 11.5 Å². The summed E-state index contributed by atoms with van der Waals surface area (Å²) in [4.78, 5) is 29.2. The zero-order valence-corrected chi connectivity index (χ0v) is 18.6. The van der Waals surface area contributed by atoms with Crippen LogP contribution in [0.15, 0.2) is 12.1 Å². The maximum absolute atomic E-state index is 12.9. The van der Waals surface area contributed by atoms with Crippen molar-refractivity contribution in [3.05, 3.63) is 23.3 Å². The van der Waals surface area contributed by atoms with Gasteiger partial charge in [-0.25, -0.2) is 4.79 Å². The van der Waals surface area contributed by atoms with E-state index in [0.717, 1.165) is 24.0 Å². The summed E-state index contributed by atoms with van der Waals surface area (Å²) in [5, 5.41) is 3.13. The van der Waals surface area contributed by atoms with E-state index in [-0.39, 0.29) is 23.9 Å². The summed E-state index contributed by atoms with van der Waals surface area (Å²) >= 11 is 0. The molecule has 1 aliphatic rings. The molecule has 0 aliphatic carbocycles. The molecule has 0 spiro atoms. The molecule has 0 aromatic heterocycles. The number of piperidine rings is 1. The minimum Gasteiger partial charge on any atom is -0.493 e. The van der Waals surface area contributed by atoms with E-state index in [1.54, 1.807) is 19.1 Å². The maximum atomic E-state index is 12.9. The first-order chi connectivity index (χ1) is 13.9. The molecule has 1 aromatic carbocycles. The maximum Gasteiger partial charge on any atom is 0.320 e. The Kier molecular flexibility index (Phi) is 8.17. The van der Waals surface area contributed by atoms with E-state index in [2.05, 4.69) is 5.32 Å². The summed E-state index contributed by atoms with van der Waals surface area (Å²) < 4.78 is 10.7. The van der Waals surface area contributed by atoms with Gasteiger partial charge < -0.3 is 24.6 Å². The van der Waals surface area contributed by atoms with E-state index in [9.17, 15) is 9.59 Å². The van der Waals surface area contributed by atoms with Gasteiger partial charge in [-0.3, -0.25) is 4.79 Å². The lowest BCUT2D eigenvalue weighted by Gasteiger charge is -2.35. The highest BCUT2D eigenvalue weighted by molar-refractivity contribution is 5.81. The van der Waals surface area contributed by atoms with Gasteiger partial charge in [-0.15, -0.1) is 0 Å². The van der Waals surface area contributed by atoms with E-state index in [4.69, 9.17) is 9.47 Å². The first-order valence-electron chi connectivity index (χ1n) is 10.4. The Bertz CT molecular complexity index is 718. The lowest BCUT2D eigenvalue weighted by molar-refractivity contribution is -0.127. The van der Waals surface area contributed by atoms with Gasteiger partial charge in [0.05, 0.1) is 26.2 Å². The third kappa shape index (κ3) is 5.34. The van der Waals surface area contributed by atoms with Crippen LogP contribution in [0.5, 0.6) is 11.5 Å². The standard InChI is InChI=1S/C22H35N3O4/c1-7-24(8-2)22(27)25-11-9-10-17(14-25)21(26)23-16(4)18-13-20(29-6)19(28-5)12-15(18)3/h12-13,16-17H,7-11,14H2,1-6H3,(H,23,26)/t16-,17+/m0/s1. The second-order valence-corrected chi connectivity index (χ2v) is 7.53. The number of amides is 3. The van der Waals surface area contributed by atoms with Gasteiger partial charge in [-0.05, 0) is 63.8 Å². The number of ether oxygens (including phenoxy) is 2. The zero-order chi connectivity index (χ0) is 21.6. The first-order valence-corrected chi connectivity index (χ1v) is 10.4. The number of nitrogens with one attached hydrogen (secondary N) is 1. The summed E-state index contributed by atoms with van der Waals surface area (Å²) in [7, 11) is 3.21. The molecule has 29 heavy (non-hydrogen) atoms. The van der Waals surface area contributed by atoms with Crippen LogP contribution >= 0.6 is 0 Å². The molecule has 1 aromatic rings. The van der Waals surface area contributed by atoms with Crippen molar-refractivity contribution in [3.63, 3.8) is 0 Å². The van der Waals surface area contributed by atoms with Gasteiger partial charge in [0, 0.05) is 26.2 Å². The summed E-state index contributed by atoms with van der Waals surface area (Å²) in [6.07, 6.45) is 1.64. The molecule has 0 unspecified atom stereocenters. The molecular formula is C22H35N3O4. The van der Waals surface area contributed by atoms with Gasteiger partial charge in [0.2, 0.25) is 5.91 Å². The van der Waals surface area contributed by atoms with Crippen LogP contribution in [0.2, 0.25) is 0 Å². The van der Waals surface area contributed by atoms with Gasteiger partial charge in [-0.2, -0.15) is 0 Å². The van der Waals surface area contributed by atoms with Gasteiger partial charge >= 0.3 is 6.03 Å². The minimum atomic E-state index is -0.189. The van der Waals surface area contributed by atoms with Gasteiger partial charge in [-0.1, -0.05) is 0 Å². The van der Waals surface area contributed by atoms with Crippen LogP contribution in [0.3, 0.4) is 0 Å². The molecule has 162 valence electrons. The Morgan fingerprint density at radius 1 is 1.21 bits per heavy atom. The number of hydrogen-bond acceptors (Lipinski definition) is 4. The Balaban J connectivity index is 2.07. The van der Waals surface area contributed by atoms with E-state index < -0.39 is 0 Å². The number of carbonyl (C=O) groups is 2. The predicted molar refractivity (Wildman–Crippen MR) is 113 cm³/mol. The Labute approximate surface area is 174 Å². The SMILES string of the molecule is CCN(CC)C(=O)N1CCC[C@@H](C(=O)N[C@@H](C)c2cc(OC)c(OC)cc2C)C1. The molecule has 1 N–H and O–H groups in total. The van der Waals surface area contributed by atoms with E-state index >= 15 is 0 Å². The largest absolute Gasteiger partial charge is 0.493 e. The number of rotatable bonds is 7. The zero-order valence-electron chi connectivity index (χ0n) is 18.6. The minimum absolute atomic E-state index is 0.0104. The molecule has 7 heteroatoms. The van der Waals surface area contributed by atoms with Crippen molar-refractivity contribution in [2.24, 2.45) is 5.92 Å². The average molecular weight is 406 g/mol. The molecule has 2 rings (SSSR count). The highest BCUT2D eigenvalue weighted by Crippen LogP contribution is 2.33. The van der Waals surface area contributed by atoms with E-state index in [0.29, 0.717) is 37.7 Å². The number of urea groups is 1. The van der Waals surface area contributed by atoms with Crippen LogP contribution < -0.4 is 14.8 Å². The van der Waals surface area contributed by atoms with Gasteiger partial charge in [0.25, 0.3) is 0 Å². The Morgan fingerprint density at radius 2 is 1.83 bits per heavy atom. The number of benzene rings is 1. The van der Waals surface area contributed by atoms with Crippen molar-refractivity contribution in [1.82, 2.24) is 15.1 Å². The van der Waals surface area contributed by atoms with Crippen molar-refractivity contribution in [1.29, 1.82) is 0 Å². The molecule has 0 bridgehead atoms. The Hall–Kier alpha value is -2.44. The molecule has 3 amide bonds. The molecule has 0 saturated carbocycles. The fraction of sp³-hybridized carbons (Fsp3) is 0.636. The number of likely N-dealkylation sites (tertiary alicyclic amines) is 1. The normalized spacial score (nSPS) is 17.4. The van der Waals surface area contributed by atoms with Crippen molar-refractivity contribution in [2.45, 2.75) is 46.6 Å². The van der Waals surface area contributed by atoms with Crippen LogP contribution in [0, 0.1) is 12.8 Å². The second-order valence-electron chi connectivity index (χ2n) is 7.53. The molecule has 7 nitrogen and oxygen atoms in total. The molecule has 1 saturated heterocycles. The molecule has 0 radical (unpaired) electrons. The van der Waals surface area contributed by atoms with E-state index in [1.807, 2.05) is 44.7 Å². The van der Waals surface area contributed by atoms with Crippen molar-refractivity contribution in [2.75, 3.05) is 40.4 Å². The van der Waals surface area contributed by atoms with Crippen molar-refractivity contribution in [3.8, 4) is 11.5 Å². The topological polar surface area (TPSA) is 71.1 Å². The number of carbonyl (C=O) groups excluding carboxylic acids is 2. The van der Waals surface area contributed by atoms with Crippen molar-refractivity contribution >= 4 is 11.9 Å². The molecule has 1 aliphatic heterocycles. The average Bonchev–Trinajstić information content (AvgIpc) is 2.74. The summed E-state index contributed by atoms with van der Waals surface area (Å²) in [5.41, 5.74) is 2.01. The molecule has 1 heterocycles. The van der Waals surface area contributed by atoms with Crippen LogP contribution in [0.4, 0.5) is 4.79 Å². The lowest BCUT2D eigenvalue weighted by atomic mass is 9.95. The number of hydrogen-bond donors (Lipinski definition) is 1. The molecule has 1 fully saturated rings. The summed E-state index contributed by atoms with van der Waals surface area (Å²) in [6.45, 7) is 10.4. The Morgan fingerprint density at radius 3 is 2.41 bits per heavy atom. The highest BCUT2D eigenvalue weighted by Gasteiger charge is 2.30. The lowest BCUT2D eigenvalue weighted by Crippen LogP contribution is -2.50. The number of nitrogens with zero attached hydrogens (tertiary/aromatic N) is 2. The van der Waals surface area contributed by atoms with Crippen LogP contribution in [0.1, 0.15) is 50.8 Å². The molecular weight excluding hydrogens is 370 g/mol. The third-order valence-electron chi connectivity index (χ3n) is 5.69. The van der Waals surface area contributed by atoms with Crippen molar-refractivity contribution < 1.29 is 19.1 Å². The first kappa shape index (κ1) is 22.8. The molecule has 2 atom stereocenters.